The molecule has 12 heteroatoms. The van der Waals surface area contributed by atoms with Gasteiger partial charge in [0, 0.05) is 28.0 Å². The van der Waals surface area contributed by atoms with Crippen LogP contribution in [0.2, 0.25) is 10.0 Å². The Kier molecular flexibility index (Phi) is 10.2. The highest BCUT2D eigenvalue weighted by atomic mass is 79.9. The zero-order chi connectivity index (χ0) is 23.7. The van der Waals surface area contributed by atoms with E-state index in [1.807, 2.05) is 0 Å². The van der Waals surface area contributed by atoms with Crippen LogP contribution in [0.3, 0.4) is 0 Å². The molecule has 0 fully saturated rings. The summed E-state index contributed by atoms with van der Waals surface area (Å²) in [7, 11) is 0. The van der Waals surface area contributed by atoms with E-state index in [0.29, 0.717) is 21.5 Å². The molecule has 2 rings (SSSR count). The van der Waals surface area contributed by atoms with Crippen LogP contribution in [0.25, 0.3) is 0 Å². The summed E-state index contributed by atoms with van der Waals surface area (Å²) in [6, 6.07) is 10.1. The van der Waals surface area contributed by atoms with E-state index < -0.39 is 11.8 Å². The molecule has 170 valence electrons. The summed E-state index contributed by atoms with van der Waals surface area (Å²) in [5.74, 6) is -1.04. The van der Waals surface area contributed by atoms with Crippen LogP contribution in [0.15, 0.2) is 40.9 Å². The van der Waals surface area contributed by atoms with Crippen molar-refractivity contribution in [2.45, 2.75) is 19.8 Å². The molecule has 0 atom stereocenters. The molecule has 2 aromatic carbocycles. The molecule has 0 radical (unpaired) electrons. The largest absolute Gasteiger partial charge is 0.482 e. The lowest BCUT2D eigenvalue weighted by Crippen LogP contribution is -2.49. The first-order chi connectivity index (χ1) is 15.2. The summed E-state index contributed by atoms with van der Waals surface area (Å²) in [5, 5.41) is 5.79. The predicted octanol–water partition coefficient (Wildman–Crippen LogP) is 3.88. The number of nitrogens with one attached hydrogen (secondary N) is 4. The second-order valence-corrected chi connectivity index (χ2v) is 8.51. The Labute approximate surface area is 208 Å². The van der Waals surface area contributed by atoms with Gasteiger partial charge in [0.05, 0.1) is 5.02 Å². The molecule has 0 aliphatic rings. The van der Waals surface area contributed by atoms with E-state index in [-0.39, 0.29) is 30.5 Å². The van der Waals surface area contributed by atoms with Crippen LogP contribution in [-0.2, 0) is 14.4 Å². The first-order valence-corrected chi connectivity index (χ1v) is 11.1. The molecule has 0 saturated carbocycles. The topological polar surface area (TPSA) is 109 Å². The Balaban J connectivity index is 1.66. The highest BCUT2D eigenvalue weighted by molar-refractivity contribution is 9.10. The van der Waals surface area contributed by atoms with Crippen molar-refractivity contribution in [1.29, 1.82) is 0 Å². The predicted molar refractivity (Wildman–Crippen MR) is 131 cm³/mol. The third-order valence-electron chi connectivity index (χ3n) is 3.94. The molecule has 0 aliphatic carbocycles. The quantitative estimate of drug-likeness (QED) is 0.302. The molecule has 0 aromatic heterocycles. The monoisotopic (exact) mass is 560 g/mol. The summed E-state index contributed by atoms with van der Waals surface area (Å²) in [6.07, 6.45) is -0.152. The average Bonchev–Trinajstić information content (AvgIpc) is 2.73. The molecule has 32 heavy (non-hydrogen) atoms. The third-order valence-corrected chi connectivity index (χ3v) is 5.34. The van der Waals surface area contributed by atoms with E-state index in [1.165, 1.54) is 0 Å². The second kappa shape index (κ2) is 12.6. The average molecular weight is 562 g/mol. The molecule has 0 bridgehead atoms. The highest BCUT2D eigenvalue weighted by Gasteiger charge is 2.11. The Bertz CT molecular complexity index is 1040. The maximum Gasteiger partial charge on any atom is 0.264 e. The smallest absolute Gasteiger partial charge is 0.264 e. The van der Waals surface area contributed by atoms with Crippen molar-refractivity contribution in [1.82, 2.24) is 16.2 Å². The number of amides is 3. The van der Waals surface area contributed by atoms with Crippen molar-refractivity contribution in [2.75, 3.05) is 11.9 Å². The number of carbonyl (C=O) groups excluding carboxylic acids is 3. The summed E-state index contributed by atoms with van der Waals surface area (Å²) in [4.78, 5) is 35.8. The lowest BCUT2D eigenvalue weighted by molar-refractivity contribution is -0.125. The minimum absolute atomic E-state index is 0.0552. The number of anilines is 1. The number of halogens is 3. The van der Waals surface area contributed by atoms with E-state index in [1.54, 1.807) is 43.3 Å². The molecule has 0 unspecified atom stereocenters. The lowest BCUT2D eigenvalue weighted by atomic mass is 10.2. The van der Waals surface area contributed by atoms with Gasteiger partial charge in [-0.3, -0.25) is 30.6 Å². The van der Waals surface area contributed by atoms with Gasteiger partial charge in [-0.2, -0.15) is 0 Å². The number of carbonyl (C=O) groups is 3. The van der Waals surface area contributed by atoms with Crippen molar-refractivity contribution < 1.29 is 19.1 Å². The van der Waals surface area contributed by atoms with Crippen LogP contribution in [0.1, 0.15) is 18.4 Å². The van der Waals surface area contributed by atoms with Crippen LogP contribution in [0.4, 0.5) is 5.69 Å². The minimum Gasteiger partial charge on any atom is -0.482 e. The zero-order valence-electron chi connectivity index (χ0n) is 16.8. The summed E-state index contributed by atoms with van der Waals surface area (Å²) >= 11 is 20.2. The second-order valence-electron chi connectivity index (χ2n) is 6.37. The van der Waals surface area contributed by atoms with E-state index >= 15 is 0 Å². The Morgan fingerprint density at radius 3 is 2.44 bits per heavy atom. The minimum atomic E-state index is -0.549. The van der Waals surface area contributed by atoms with Crippen LogP contribution in [0, 0.1) is 6.92 Å². The van der Waals surface area contributed by atoms with E-state index in [4.69, 9.17) is 40.2 Å². The zero-order valence-corrected chi connectivity index (χ0v) is 20.7. The van der Waals surface area contributed by atoms with Crippen molar-refractivity contribution >= 4 is 79.9 Å². The number of hydrogen-bond donors (Lipinski definition) is 4. The van der Waals surface area contributed by atoms with Crippen molar-refractivity contribution in [2.24, 2.45) is 0 Å². The molecule has 8 nitrogen and oxygen atoms in total. The fourth-order valence-corrected chi connectivity index (χ4v) is 3.37. The fourth-order valence-electron chi connectivity index (χ4n) is 2.30. The van der Waals surface area contributed by atoms with Gasteiger partial charge in [0.25, 0.3) is 5.91 Å². The number of thiocarbonyl (C=S) groups is 1. The Morgan fingerprint density at radius 2 is 1.72 bits per heavy atom. The van der Waals surface area contributed by atoms with Crippen molar-refractivity contribution in [3.05, 3.63) is 56.5 Å². The lowest BCUT2D eigenvalue weighted by Gasteiger charge is -2.12. The van der Waals surface area contributed by atoms with Gasteiger partial charge >= 0.3 is 0 Å². The normalized spacial score (nSPS) is 10.1. The third kappa shape index (κ3) is 8.62. The number of hydrazine groups is 1. The molecular weight excluding hydrogens is 543 g/mol. The van der Waals surface area contributed by atoms with Crippen molar-refractivity contribution in [3.63, 3.8) is 0 Å². The number of ether oxygens (including phenoxy) is 1. The van der Waals surface area contributed by atoms with Gasteiger partial charge in [-0.15, -0.1) is 0 Å². The van der Waals surface area contributed by atoms with Gasteiger partial charge in [-0.05, 0) is 55.0 Å². The Morgan fingerprint density at radius 1 is 1.00 bits per heavy atom. The standard InChI is InChI=1S/C20H19BrCl2N4O4S/c1-11-13(22)3-2-4-15(11)24-17(28)7-8-18(29)26-27-20(32)25-19(30)10-31-16-6-5-12(21)9-14(16)23/h2-6,9H,7-8,10H2,1H3,(H,24,28)(H,26,29)(H2,25,27,30,32). The fraction of sp³-hybridized carbons (Fsp3) is 0.200. The van der Waals surface area contributed by atoms with Crippen LogP contribution in [0.5, 0.6) is 5.75 Å². The molecule has 2 aromatic rings. The molecular formula is C20H19BrCl2N4O4S. The SMILES string of the molecule is Cc1c(Cl)cccc1NC(=O)CCC(=O)NNC(=S)NC(=O)COc1ccc(Br)cc1Cl. The van der Waals surface area contributed by atoms with Crippen molar-refractivity contribution in [3.8, 4) is 5.75 Å². The van der Waals surface area contributed by atoms with E-state index in [9.17, 15) is 14.4 Å². The van der Waals surface area contributed by atoms with Crippen LogP contribution < -0.4 is 26.2 Å². The number of benzene rings is 2. The highest BCUT2D eigenvalue weighted by Crippen LogP contribution is 2.27. The molecule has 0 heterocycles. The maximum atomic E-state index is 12.0. The van der Waals surface area contributed by atoms with Crippen LogP contribution >= 0.6 is 51.3 Å². The Hall–Kier alpha value is -2.40. The summed E-state index contributed by atoms with van der Waals surface area (Å²) in [6.45, 7) is 1.45. The summed E-state index contributed by atoms with van der Waals surface area (Å²) in [5.41, 5.74) is 6.00. The number of rotatable bonds is 7. The van der Waals surface area contributed by atoms with Gasteiger partial charge in [-0.25, -0.2) is 0 Å². The molecule has 0 saturated heterocycles. The van der Waals surface area contributed by atoms with Gasteiger partial charge in [0.15, 0.2) is 11.7 Å². The number of hydrogen-bond acceptors (Lipinski definition) is 5. The van der Waals surface area contributed by atoms with Crippen LogP contribution in [-0.4, -0.2) is 29.4 Å². The van der Waals surface area contributed by atoms with Gasteiger partial charge < -0.3 is 10.1 Å². The molecule has 0 aliphatic heterocycles. The first kappa shape index (κ1) is 25.9. The molecule has 3 amide bonds. The molecule has 4 N–H and O–H groups in total. The summed E-state index contributed by atoms with van der Waals surface area (Å²) < 4.78 is 6.09. The first-order valence-electron chi connectivity index (χ1n) is 9.17. The van der Waals surface area contributed by atoms with E-state index in [2.05, 4.69) is 37.4 Å². The maximum absolute atomic E-state index is 12.0. The molecule has 0 spiro atoms. The van der Waals surface area contributed by atoms with Gasteiger partial charge in [0.1, 0.15) is 5.75 Å². The van der Waals surface area contributed by atoms with Gasteiger partial charge in [0.2, 0.25) is 11.8 Å². The van der Waals surface area contributed by atoms with E-state index in [0.717, 1.165) is 10.0 Å². The van der Waals surface area contributed by atoms with Gasteiger partial charge in [-0.1, -0.05) is 45.2 Å².